The molecule has 4 aromatic carbocycles. The highest BCUT2D eigenvalue weighted by atomic mass is 15.1. The minimum atomic E-state index is -0.256. The Bertz CT molecular complexity index is 2050. The highest BCUT2D eigenvalue weighted by Crippen LogP contribution is 2.37. The topological polar surface area (TPSA) is 43.6 Å². The van der Waals surface area contributed by atoms with Crippen molar-refractivity contribution in [3.8, 4) is 17.1 Å². The maximum Gasteiger partial charge on any atom is 0.178 e. The molecule has 7 rings (SSSR count). The Morgan fingerprint density at radius 2 is 1.55 bits per heavy atom. The molecule has 0 fully saturated rings. The Balaban J connectivity index is 1.69. The van der Waals surface area contributed by atoms with Gasteiger partial charge in [0.2, 0.25) is 0 Å². The second-order valence-corrected chi connectivity index (χ2v) is 7.87. The van der Waals surface area contributed by atoms with Gasteiger partial charge in [0, 0.05) is 22.5 Å². The number of pyridine rings is 1. The summed E-state index contributed by atoms with van der Waals surface area (Å²) >= 11 is 0. The van der Waals surface area contributed by atoms with Crippen molar-refractivity contribution in [1.29, 1.82) is 0 Å². The fourth-order valence-corrected chi connectivity index (χ4v) is 4.50. The smallest absolute Gasteiger partial charge is 0.178 e. The fourth-order valence-electron chi connectivity index (χ4n) is 4.50. The summed E-state index contributed by atoms with van der Waals surface area (Å²) in [4.78, 5) is 14.1. The minimum absolute atomic E-state index is 0.0527. The number of aromatic nitrogens is 4. The molecule has 0 radical (unpaired) electrons. The number of para-hydroxylation sites is 1. The molecule has 0 bridgehead atoms. The SMILES string of the molecule is [2H]c1cc([2H])c(-c2nc3ncccc3nc2-n2c3ccccc3c3cc4ccccc4cc32)c([2H])c1[2H]. The van der Waals surface area contributed by atoms with Crippen LogP contribution in [0.5, 0.6) is 0 Å². The van der Waals surface area contributed by atoms with Crippen LogP contribution in [0.15, 0.2) is 109 Å². The molecule has 0 N–H and O–H groups in total. The van der Waals surface area contributed by atoms with Crippen molar-refractivity contribution in [1.82, 2.24) is 19.5 Å². The van der Waals surface area contributed by atoms with Crippen molar-refractivity contribution in [2.45, 2.75) is 0 Å². The van der Waals surface area contributed by atoms with E-state index in [0.717, 1.165) is 32.6 Å². The van der Waals surface area contributed by atoms with Crippen LogP contribution in [-0.4, -0.2) is 19.5 Å². The van der Waals surface area contributed by atoms with Crippen molar-refractivity contribution in [3.05, 3.63) is 109 Å². The molecule has 0 aliphatic carbocycles. The Morgan fingerprint density at radius 1 is 0.697 bits per heavy atom. The minimum Gasteiger partial charge on any atom is -0.292 e. The van der Waals surface area contributed by atoms with Crippen LogP contribution in [0, 0.1) is 0 Å². The van der Waals surface area contributed by atoms with Gasteiger partial charge in [0.05, 0.1) is 16.5 Å². The van der Waals surface area contributed by atoms with Crippen molar-refractivity contribution in [3.63, 3.8) is 0 Å². The Labute approximate surface area is 195 Å². The van der Waals surface area contributed by atoms with E-state index in [-0.39, 0.29) is 35.4 Å². The average molecular weight is 427 g/mol. The lowest BCUT2D eigenvalue weighted by Gasteiger charge is -2.13. The summed E-state index contributed by atoms with van der Waals surface area (Å²) in [5.41, 5.74) is 3.23. The Kier molecular flexibility index (Phi) is 3.06. The number of hydrogen-bond acceptors (Lipinski definition) is 3. The van der Waals surface area contributed by atoms with Gasteiger partial charge in [-0.2, -0.15) is 0 Å². The zero-order valence-electron chi connectivity index (χ0n) is 21.4. The normalized spacial score (nSPS) is 13.3. The van der Waals surface area contributed by atoms with E-state index in [1.807, 2.05) is 41.0 Å². The van der Waals surface area contributed by atoms with Crippen LogP contribution >= 0.6 is 0 Å². The number of benzene rings is 4. The van der Waals surface area contributed by atoms with Crippen LogP contribution in [0.3, 0.4) is 0 Å². The predicted octanol–water partition coefficient (Wildman–Crippen LogP) is 6.94. The van der Waals surface area contributed by atoms with E-state index in [4.69, 9.17) is 15.5 Å². The molecular formula is C29H18N4. The van der Waals surface area contributed by atoms with Crippen molar-refractivity contribution in [2.75, 3.05) is 0 Å². The molecule has 0 aliphatic rings. The third-order valence-electron chi connectivity index (χ3n) is 5.96. The molecule has 4 heteroatoms. The quantitative estimate of drug-likeness (QED) is 0.301. The summed E-state index contributed by atoms with van der Waals surface area (Å²) in [6, 6.07) is 24.7. The van der Waals surface area contributed by atoms with Gasteiger partial charge in [-0.1, -0.05) is 72.7 Å². The first-order chi connectivity index (χ1) is 18.0. The van der Waals surface area contributed by atoms with E-state index in [0.29, 0.717) is 17.0 Å². The standard InChI is InChI=1S/C29H18N4/c1-2-9-19(10-3-1)27-29(31-24-14-8-16-30-28(24)32-27)33-25-15-7-6-13-22(25)23-17-20-11-4-5-12-21(20)18-26(23)33/h1-18H/i1D,2D,9D,10D. The van der Waals surface area contributed by atoms with E-state index in [1.54, 1.807) is 12.3 Å². The average Bonchev–Trinajstić information content (AvgIpc) is 3.23. The summed E-state index contributed by atoms with van der Waals surface area (Å²) < 4.78 is 35.6. The van der Waals surface area contributed by atoms with Crippen molar-refractivity contribution < 1.29 is 5.48 Å². The van der Waals surface area contributed by atoms with Crippen LogP contribution < -0.4 is 0 Å². The number of rotatable bonds is 2. The third kappa shape index (κ3) is 2.74. The molecule has 0 amide bonds. The molecule has 7 aromatic rings. The molecule has 0 unspecified atom stereocenters. The zero-order chi connectivity index (χ0) is 25.3. The predicted molar refractivity (Wildman–Crippen MR) is 135 cm³/mol. The highest BCUT2D eigenvalue weighted by Gasteiger charge is 2.19. The molecular weight excluding hydrogens is 404 g/mol. The van der Waals surface area contributed by atoms with Gasteiger partial charge in [0.25, 0.3) is 0 Å². The van der Waals surface area contributed by atoms with Crippen LogP contribution in [-0.2, 0) is 0 Å². The Hall–Kier alpha value is -4.57. The molecule has 0 atom stereocenters. The first-order valence-corrected chi connectivity index (χ1v) is 10.6. The van der Waals surface area contributed by atoms with Gasteiger partial charge in [-0.05, 0) is 41.1 Å². The van der Waals surface area contributed by atoms with E-state index in [2.05, 4.69) is 35.3 Å². The maximum absolute atomic E-state index is 8.65. The van der Waals surface area contributed by atoms with Crippen LogP contribution in [0.25, 0.3) is 60.8 Å². The lowest BCUT2D eigenvalue weighted by molar-refractivity contribution is 1.07. The summed E-state index contributed by atoms with van der Waals surface area (Å²) in [7, 11) is 0. The Morgan fingerprint density at radius 3 is 2.48 bits per heavy atom. The molecule has 0 saturated carbocycles. The van der Waals surface area contributed by atoms with Gasteiger partial charge >= 0.3 is 0 Å². The first kappa shape index (κ1) is 14.5. The summed E-state index contributed by atoms with van der Waals surface area (Å²) in [6.45, 7) is 0. The third-order valence-corrected chi connectivity index (χ3v) is 5.96. The van der Waals surface area contributed by atoms with Gasteiger partial charge in [-0.3, -0.25) is 4.57 Å². The van der Waals surface area contributed by atoms with E-state index >= 15 is 0 Å². The van der Waals surface area contributed by atoms with Gasteiger partial charge in [0.1, 0.15) is 11.2 Å². The first-order valence-electron chi connectivity index (χ1n) is 12.6. The molecule has 33 heavy (non-hydrogen) atoms. The van der Waals surface area contributed by atoms with Crippen LogP contribution in [0.2, 0.25) is 0 Å². The van der Waals surface area contributed by atoms with E-state index < -0.39 is 0 Å². The molecule has 4 nitrogen and oxygen atoms in total. The second kappa shape index (κ2) is 6.97. The van der Waals surface area contributed by atoms with Gasteiger partial charge in [-0.15, -0.1) is 0 Å². The monoisotopic (exact) mass is 426 g/mol. The van der Waals surface area contributed by atoms with Gasteiger partial charge in [-0.25, -0.2) is 15.0 Å². The molecule has 3 heterocycles. The molecule has 154 valence electrons. The number of hydrogen-bond donors (Lipinski definition) is 0. The fraction of sp³-hybridized carbons (Fsp3) is 0. The molecule has 0 aliphatic heterocycles. The summed E-state index contributed by atoms with van der Waals surface area (Å²) in [5.74, 6) is 0.445. The zero-order valence-corrected chi connectivity index (χ0v) is 17.4. The van der Waals surface area contributed by atoms with Crippen LogP contribution in [0.1, 0.15) is 5.48 Å². The lowest BCUT2D eigenvalue weighted by atomic mass is 10.1. The number of nitrogens with zero attached hydrogens (tertiary/aromatic N) is 4. The van der Waals surface area contributed by atoms with E-state index in [1.165, 1.54) is 6.07 Å². The maximum atomic E-state index is 8.65. The van der Waals surface area contributed by atoms with Gasteiger partial charge < -0.3 is 0 Å². The van der Waals surface area contributed by atoms with Crippen LogP contribution in [0.4, 0.5) is 0 Å². The van der Waals surface area contributed by atoms with Crippen molar-refractivity contribution >= 4 is 43.7 Å². The summed E-state index contributed by atoms with van der Waals surface area (Å²) in [5, 5.41) is 4.29. The lowest BCUT2D eigenvalue weighted by Crippen LogP contribution is -2.04. The molecule has 3 aromatic heterocycles. The van der Waals surface area contributed by atoms with E-state index in [9.17, 15) is 0 Å². The largest absolute Gasteiger partial charge is 0.292 e. The second-order valence-electron chi connectivity index (χ2n) is 7.87. The molecule has 0 saturated heterocycles. The van der Waals surface area contributed by atoms with Crippen molar-refractivity contribution in [2.24, 2.45) is 0 Å². The summed E-state index contributed by atoms with van der Waals surface area (Å²) in [6.07, 6.45) is 1.62. The van der Waals surface area contributed by atoms with Gasteiger partial charge in [0.15, 0.2) is 11.5 Å². The highest BCUT2D eigenvalue weighted by molar-refractivity contribution is 6.13. The molecule has 0 spiro atoms. The number of fused-ring (bicyclic) bond motifs is 5.